The normalized spacial score (nSPS) is 10.1. The molecule has 0 bridgehead atoms. The van der Waals surface area contributed by atoms with Gasteiger partial charge in [-0.05, 0) is 23.8 Å². The van der Waals surface area contributed by atoms with Crippen molar-refractivity contribution in [2.24, 2.45) is 5.73 Å². The second-order valence-electron chi connectivity index (χ2n) is 4.30. The summed E-state index contributed by atoms with van der Waals surface area (Å²) in [6, 6.07) is 11.7. The molecule has 108 valence electrons. The summed E-state index contributed by atoms with van der Waals surface area (Å²) in [6.07, 6.45) is 0. The fourth-order valence-corrected chi connectivity index (χ4v) is 2.24. The van der Waals surface area contributed by atoms with Gasteiger partial charge in [0.05, 0.1) is 4.92 Å². The van der Waals surface area contributed by atoms with Crippen LogP contribution in [-0.4, -0.2) is 10.8 Å². The average Bonchev–Trinajstić information content (AvgIpc) is 2.46. The van der Waals surface area contributed by atoms with Crippen LogP contribution in [0.5, 0.6) is 0 Å². The molecule has 0 saturated carbocycles. The number of amides is 1. The minimum Gasteiger partial charge on any atom is -0.375 e. The van der Waals surface area contributed by atoms with Crippen LogP contribution in [0.1, 0.15) is 15.9 Å². The third-order valence-corrected chi connectivity index (χ3v) is 3.68. The molecule has 2 rings (SSSR count). The van der Waals surface area contributed by atoms with Crippen molar-refractivity contribution in [3.05, 3.63) is 68.2 Å². The summed E-state index contributed by atoms with van der Waals surface area (Å²) >= 11 is 3.41. The molecule has 2 aromatic carbocycles. The summed E-state index contributed by atoms with van der Waals surface area (Å²) in [5.74, 6) is -0.699. The molecule has 0 fully saturated rings. The van der Waals surface area contributed by atoms with E-state index in [-0.39, 0.29) is 11.3 Å². The Balaban J connectivity index is 2.26. The third-order valence-electron chi connectivity index (χ3n) is 2.91. The molecule has 0 unspecified atom stereocenters. The Hall–Kier alpha value is -2.41. The first-order valence-electron chi connectivity index (χ1n) is 6.04. The first-order valence-corrected chi connectivity index (χ1v) is 6.84. The van der Waals surface area contributed by atoms with Crippen LogP contribution in [0, 0.1) is 10.1 Å². The number of carbonyl (C=O) groups is 1. The number of benzene rings is 2. The Morgan fingerprint density at radius 1 is 1.29 bits per heavy atom. The molecule has 3 N–H and O–H groups in total. The van der Waals surface area contributed by atoms with E-state index >= 15 is 0 Å². The van der Waals surface area contributed by atoms with Crippen LogP contribution in [0.15, 0.2) is 46.9 Å². The number of hydrogen-bond acceptors (Lipinski definition) is 4. The maximum absolute atomic E-state index is 11.1. The number of hydrogen-bond donors (Lipinski definition) is 2. The number of rotatable bonds is 5. The second kappa shape index (κ2) is 6.36. The Kier molecular flexibility index (Phi) is 4.54. The largest absolute Gasteiger partial charge is 0.375 e. The number of nitrogens with one attached hydrogen (secondary N) is 1. The topological polar surface area (TPSA) is 98.3 Å². The number of nitrogens with two attached hydrogens (primary N) is 1. The first kappa shape index (κ1) is 15.0. The van der Waals surface area contributed by atoms with Gasteiger partial charge in [-0.25, -0.2) is 0 Å². The predicted octanol–water partition coefficient (Wildman–Crippen LogP) is 3.07. The zero-order valence-electron chi connectivity index (χ0n) is 10.9. The minimum atomic E-state index is -0.699. The molecule has 0 heterocycles. The number of nitro groups is 1. The van der Waals surface area contributed by atoms with Crippen molar-refractivity contribution in [2.75, 3.05) is 5.32 Å². The maximum atomic E-state index is 11.1. The molecule has 0 aliphatic heterocycles. The van der Waals surface area contributed by atoms with E-state index in [0.29, 0.717) is 12.2 Å². The van der Waals surface area contributed by atoms with Gasteiger partial charge in [-0.3, -0.25) is 14.9 Å². The zero-order valence-corrected chi connectivity index (χ0v) is 12.5. The molecular formula is C14H12BrN3O3. The van der Waals surface area contributed by atoms with Crippen LogP contribution in [0.3, 0.4) is 0 Å². The van der Waals surface area contributed by atoms with E-state index in [4.69, 9.17) is 5.73 Å². The van der Waals surface area contributed by atoms with Crippen molar-refractivity contribution >= 4 is 33.2 Å². The summed E-state index contributed by atoms with van der Waals surface area (Å²) in [7, 11) is 0. The van der Waals surface area contributed by atoms with Crippen molar-refractivity contribution in [2.45, 2.75) is 6.54 Å². The van der Waals surface area contributed by atoms with Crippen molar-refractivity contribution in [3.63, 3.8) is 0 Å². The summed E-state index contributed by atoms with van der Waals surface area (Å²) in [4.78, 5) is 21.6. The van der Waals surface area contributed by atoms with Crippen LogP contribution in [0.4, 0.5) is 11.4 Å². The summed E-state index contributed by atoms with van der Waals surface area (Å²) in [5.41, 5.74) is 6.35. The van der Waals surface area contributed by atoms with Gasteiger partial charge < -0.3 is 11.1 Å². The molecule has 6 nitrogen and oxygen atoms in total. The molecule has 7 heteroatoms. The fourth-order valence-electron chi connectivity index (χ4n) is 1.82. The van der Waals surface area contributed by atoms with Gasteiger partial charge in [0.15, 0.2) is 0 Å². The maximum Gasteiger partial charge on any atom is 0.293 e. The van der Waals surface area contributed by atoms with Crippen LogP contribution in [0.2, 0.25) is 0 Å². The lowest BCUT2D eigenvalue weighted by atomic mass is 10.1. The Labute approximate surface area is 129 Å². The van der Waals surface area contributed by atoms with Crippen molar-refractivity contribution < 1.29 is 9.72 Å². The van der Waals surface area contributed by atoms with Gasteiger partial charge in [0.2, 0.25) is 5.91 Å². The van der Waals surface area contributed by atoms with E-state index in [0.717, 1.165) is 10.0 Å². The van der Waals surface area contributed by atoms with Crippen molar-refractivity contribution in [1.29, 1.82) is 0 Å². The summed E-state index contributed by atoms with van der Waals surface area (Å²) in [6.45, 7) is 0.415. The van der Waals surface area contributed by atoms with E-state index in [1.807, 2.05) is 24.3 Å². The number of nitro benzene ring substituents is 1. The zero-order chi connectivity index (χ0) is 15.4. The Morgan fingerprint density at radius 3 is 2.62 bits per heavy atom. The van der Waals surface area contributed by atoms with E-state index in [2.05, 4.69) is 21.2 Å². The molecule has 0 aromatic heterocycles. The highest BCUT2D eigenvalue weighted by Crippen LogP contribution is 2.27. The molecule has 0 spiro atoms. The standard InChI is InChI=1S/C14H12BrN3O3/c15-11-4-2-1-3-10(11)8-17-12-6-5-9(14(16)19)7-13(12)18(20)21/h1-7,17H,8H2,(H2,16,19). The SMILES string of the molecule is NC(=O)c1ccc(NCc2ccccc2Br)c([N+](=O)[O-])c1. The molecular weight excluding hydrogens is 338 g/mol. The molecule has 0 saturated heterocycles. The monoisotopic (exact) mass is 349 g/mol. The highest BCUT2D eigenvalue weighted by Gasteiger charge is 2.16. The molecule has 0 atom stereocenters. The molecule has 0 aliphatic carbocycles. The predicted molar refractivity (Wildman–Crippen MR) is 83.1 cm³/mol. The van der Waals surface area contributed by atoms with Crippen LogP contribution in [0.25, 0.3) is 0 Å². The van der Waals surface area contributed by atoms with E-state index in [1.165, 1.54) is 18.2 Å². The number of carbonyl (C=O) groups excluding carboxylic acids is 1. The molecule has 1 amide bonds. The minimum absolute atomic E-state index is 0.105. The van der Waals surface area contributed by atoms with Gasteiger partial charge in [0.1, 0.15) is 5.69 Å². The fraction of sp³-hybridized carbons (Fsp3) is 0.0714. The number of anilines is 1. The highest BCUT2D eigenvalue weighted by atomic mass is 79.9. The van der Waals surface area contributed by atoms with Crippen molar-refractivity contribution in [3.8, 4) is 0 Å². The molecule has 21 heavy (non-hydrogen) atoms. The van der Waals surface area contributed by atoms with Crippen molar-refractivity contribution in [1.82, 2.24) is 0 Å². The van der Waals surface area contributed by atoms with Gasteiger partial charge >= 0.3 is 0 Å². The molecule has 0 aliphatic rings. The molecule has 2 aromatic rings. The van der Waals surface area contributed by atoms with Gasteiger partial charge in [0, 0.05) is 22.6 Å². The lowest BCUT2D eigenvalue weighted by molar-refractivity contribution is -0.384. The smallest absolute Gasteiger partial charge is 0.293 e. The highest BCUT2D eigenvalue weighted by molar-refractivity contribution is 9.10. The van der Waals surface area contributed by atoms with Gasteiger partial charge in [-0.1, -0.05) is 34.1 Å². The van der Waals surface area contributed by atoms with Gasteiger partial charge in [-0.15, -0.1) is 0 Å². The van der Waals surface area contributed by atoms with Crippen LogP contribution in [-0.2, 0) is 6.54 Å². The van der Waals surface area contributed by atoms with Crippen LogP contribution >= 0.6 is 15.9 Å². The van der Waals surface area contributed by atoms with E-state index in [1.54, 1.807) is 0 Å². The van der Waals surface area contributed by atoms with Crippen LogP contribution < -0.4 is 11.1 Å². The first-order chi connectivity index (χ1) is 9.99. The lowest BCUT2D eigenvalue weighted by Gasteiger charge is -2.09. The number of nitrogens with zero attached hydrogens (tertiary/aromatic N) is 1. The third kappa shape index (κ3) is 3.57. The quantitative estimate of drug-likeness (QED) is 0.640. The van der Waals surface area contributed by atoms with E-state index < -0.39 is 10.8 Å². The Morgan fingerprint density at radius 2 is 2.00 bits per heavy atom. The Bertz CT molecular complexity index is 704. The molecule has 0 radical (unpaired) electrons. The van der Waals surface area contributed by atoms with E-state index in [9.17, 15) is 14.9 Å². The second-order valence-corrected chi connectivity index (χ2v) is 5.15. The summed E-state index contributed by atoms with van der Waals surface area (Å²) in [5, 5.41) is 14.1. The lowest BCUT2D eigenvalue weighted by Crippen LogP contribution is -2.12. The summed E-state index contributed by atoms with van der Waals surface area (Å²) < 4.78 is 0.911. The number of primary amides is 1. The van der Waals surface area contributed by atoms with Gasteiger partial charge in [-0.2, -0.15) is 0 Å². The van der Waals surface area contributed by atoms with Gasteiger partial charge in [0.25, 0.3) is 5.69 Å². The average molecular weight is 350 g/mol. The number of halogens is 1.